The minimum absolute atomic E-state index is 0.470. The van der Waals surface area contributed by atoms with Gasteiger partial charge in [0.05, 0.1) is 4.88 Å². The Kier molecular flexibility index (Phi) is 3.53. The molecule has 0 aliphatic carbocycles. The molecule has 0 aliphatic heterocycles. The van der Waals surface area contributed by atoms with E-state index in [-0.39, 0.29) is 0 Å². The third-order valence-electron chi connectivity index (χ3n) is 2.86. The highest BCUT2D eigenvalue weighted by molar-refractivity contribution is 7.14. The van der Waals surface area contributed by atoms with Crippen molar-refractivity contribution in [2.24, 2.45) is 5.92 Å². The Morgan fingerprint density at radius 3 is 2.59 bits per heavy atom. The molecule has 90 valence electrons. The maximum Gasteiger partial charge on any atom is 0.137 e. The Morgan fingerprint density at radius 1 is 1.24 bits per heavy atom. The van der Waals surface area contributed by atoms with Crippen molar-refractivity contribution in [2.45, 2.75) is 27.2 Å². The molecule has 0 fully saturated rings. The number of rotatable bonds is 3. The van der Waals surface area contributed by atoms with Gasteiger partial charge in [-0.05, 0) is 35.8 Å². The van der Waals surface area contributed by atoms with Crippen LogP contribution in [0.5, 0.6) is 5.75 Å². The molecule has 1 heterocycles. The number of aromatic hydroxyl groups is 1. The van der Waals surface area contributed by atoms with Crippen molar-refractivity contribution in [3.8, 4) is 16.2 Å². The quantitative estimate of drug-likeness (QED) is 0.837. The fourth-order valence-electron chi connectivity index (χ4n) is 1.99. The van der Waals surface area contributed by atoms with Gasteiger partial charge >= 0.3 is 0 Å². The first-order valence-electron chi connectivity index (χ1n) is 5.95. The number of thiophene rings is 1. The lowest BCUT2D eigenvalue weighted by Crippen LogP contribution is -1.92. The summed E-state index contributed by atoms with van der Waals surface area (Å²) >= 11 is 1.64. The summed E-state index contributed by atoms with van der Waals surface area (Å²) in [7, 11) is 0. The average Bonchev–Trinajstić information content (AvgIpc) is 2.61. The Labute approximate surface area is 107 Å². The highest BCUT2D eigenvalue weighted by Crippen LogP contribution is 2.40. The molecule has 0 unspecified atom stereocenters. The fraction of sp³-hybridized carbons (Fsp3) is 0.333. The van der Waals surface area contributed by atoms with Crippen LogP contribution in [0, 0.1) is 12.8 Å². The lowest BCUT2D eigenvalue weighted by atomic mass is 10.0. The van der Waals surface area contributed by atoms with Crippen LogP contribution in [0.15, 0.2) is 29.6 Å². The van der Waals surface area contributed by atoms with Gasteiger partial charge in [-0.3, -0.25) is 0 Å². The molecule has 0 saturated carbocycles. The molecule has 1 aromatic heterocycles. The third-order valence-corrected chi connectivity index (χ3v) is 3.91. The third kappa shape index (κ3) is 2.52. The average molecular weight is 246 g/mol. The minimum Gasteiger partial charge on any atom is -0.506 e. The van der Waals surface area contributed by atoms with Gasteiger partial charge in [-0.25, -0.2) is 0 Å². The Morgan fingerprint density at radius 2 is 1.94 bits per heavy atom. The Bertz CT molecular complexity index is 511. The maximum atomic E-state index is 10.3. The molecule has 1 aromatic carbocycles. The van der Waals surface area contributed by atoms with E-state index in [1.165, 1.54) is 5.56 Å². The van der Waals surface area contributed by atoms with Gasteiger partial charge in [0.2, 0.25) is 0 Å². The molecule has 2 rings (SSSR count). The second-order valence-corrected chi connectivity index (χ2v) is 5.73. The molecule has 0 aliphatic rings. The van der Waals surface area contributed by atoms with Crippen LogP contribution in [-0.2, 0) is 6.42 Å². The van der Waals surface area contributed by atoms with E-state index in [4.69, 9.17) is 0 Å². The van der Waals surface area contributed by atoms with E-state index in [1.807, 2.05) is 12.1 Å². The van der Waals surface area contributed by atoms with Gasteiger partial charge in [-0.2, -0.15) is 0 Å². The summed E-state index contributed by atoms with van der Waals surface area (Å²) in [4.78, 5) is 0.999. The van der Waals surface area contributed by atoms with Gasteiger partial charge in [-0.15, -0.1) is 11.3 Å². The van der Waals surface area contributed by atoms with Crippen LogP contribution in [0.2, 0.25) is 0 Å². The molecule has 0 spiro atoms. The van der Waals surface area contributed by atoms with E-state index in [0.717, 1.165) is 22.4 Å². The number of hydrogen-bond donors (Lipinski definition) is 1. The summed E-state index contributed by atoms with van der Waals surface area (Å²) < 4.78 is 0. The van der Waals surface area contributed by atoms with Crippen LogP contribution in [0.3, 0.4) is 0 Å². The van der Waals surface area contributed by atoms with E-state index in [1.54, 1.807) is 11.3 Å². The summed E-state index contributed by atoms with van der Waals surface area (Å²) in [5.41, 5.74) is 3.43. The van der Waals surface area contributed by atoms with Crippen LogP contribution >= 0.6 is 11.3 Å². The molecule has 1 nitrogen and oxygen atoms in total. The lowest BCUT2D eigenvalue weighted by molar-refractivity contribution is 0.467. The largest absolute Gasteiger partial charge is 0.506 e. The summed E-state index contributed by atoms with van der Waals surface area (Å²) in [6.45, 7) is 6.42. The zero-order valence-corrected chi connectivity index (χ0v) is 11.3. The van der Waals surface area contributed by atoms with Gasteiger partial charge < -0.3 is 5.11 Å². The first-order valence-corrected chi connectivity index (χ1v) is 6.83. The van der Waals surface area contributed by atoms with E-state index >= 15 is 0 Å². The van der Waals surface area contributed by atoms with E-state index in [9.17, 15) is 5.11 Å². The van der Waals surface area contributed by atoms with Crippen LogP contribution < -0.4 is 0 Å². The normalized spacial score (nSPS) is 11.1. The predicted molar refractivity (Wildman–Crippen MR) is 74.7 cm³/mol. The number of hydrogen-bond acceptors (Lipinski definition) is 2. The second kappa shape index (κ2) is 4.92. The molecule has 0 bridgehead atoms. The van der Waals surface area contributed by atoms with Gasteiger partial charge in [0, 0.05) is 5.56 Å². The van der Waals surface area contributed by atoms with Crippen molar-refractivity contribution < 1.29 is 5.11 Å². The summed E-state index contributed by atoms with van der Waals surface area (Å²) in [5.74, 6) is 1.04. The Balaban J connectivity index is 2.41. The highest BCUT2D eigenvalue weighted by atomic mass is 32.1. The SMILES string of the molecule is Cc1ccccc1-c1scc(CC(C)C)c1O. The molecule has 0 saturated heterocycles. The first kappa shape index (κ1) is 12.2. The smallest absolute Gasteiger partial charge is 0.137 e. The van der Waals surface area contributed by atoms with Crippen molar-refractivity contribution in [3.05, 3.63) is 40.8 Å². The topological polar surface area (TPSA) is 20.2 Å². The zero-order valence-electron chi connectivity index (χ0n) is 10.5. The van der Waals surface area contributed by atoms with Crippen molar-refractivity contribution in [3.63, 3.8) is 0 Å². The van der Waals surface area contributed by atoms with Gasteiger partial charge in [0.25, 0.3) is 0 Å². The minimum atomic E-state index is 0.470. The molecule has 0 amide bonds. The van der Waals surface area contributed by atoms with Crippen molar-refractivity contribution in [2.75, 3.05) is 0 Å². The molecule has 0 radical (unpaired) electrons. The van der Waals surface area contributed by atoms with Crippen LogP contribution in [0.25, 0.3) is 10.4 Å². The lowest BCUT2D eigenvalue weighted by Gasteiger charge is -2.06. The summed E-state index contributed by atoms with van der Waals surface area (Å²) in [5, 5.41) is 12.3. The highest BCUT2D eigenvalue weighted by Gasteiger charge is 2.14. The molecule has 2 aromatic rings. The van der Waals surface area contributed by atoms with Gasteiger partial charge in [-0.1, -0.05) is 38.1 Å². The van der Waals surface area contributed by atoms with Gasteiger partial charge in [0.1, 0.15) is 5.75 Å². The molecule has 0 atom stereocenters. The monoisotopic (exact) mass is 246 g/mol. The fourth-order valence-corrected chi connectivity index (χ4v) is 3.06. The van der Waals surface area contributed by atoms with E-state index < -0.39 is 0 Å². The first-order chi connectivity index (χ1) is 8.09. The van der Waals surface area contributed by atoms with Crippen molar-refractivity contribution in [1.29, 1.82) is 0 Å². The molecule has 1 N–H and O–H groups in total. The van der Waals surface area contributed by atoms with E-state index in [0.29, 0.717) is 11.7 Å². The molecular formula is C15H18OS. The van der Waals surface area contributed by atoms with Crippen LogP contribution in [0.1, 0.15) is 25.0 Å². The molecular weight excluding hydrogens is 228 g/mol. The number of benzene rings is 1. The maximum absolute atomic E-state index is 10.3. The van der Waals surface area contributed by atoms with Crippen LogP contribution in [-0.4, -0.2) is 5.11 Å². The second-order valence-electron chi connectivity index (χ2n) is 4.85. The predicted octanol–water partition coefficient (Wildman–Crippen LogP) is 4.63. The number of aryl methyl sites for hydroxylation is 1. The zero-order chi connectivity index (χ0) is 12.4. The Hall–Kier alpha value is -1.28. The molecule has 2 heteroatoms. The summed E-state index contributed by atoms with van der Waals surface area (Å²) in [6, 6.07) is 8.19. The van der Waals surface area contributed by atoms with E-state index in [2.05, 4.69) is 38.3 Å². The standard InChI is InChI=1S/C15H18OS/c1-10(2)8-12-9-17-15(14(12)16)13-7-5-4-6-11(13)3/h4-7,9-10,16H,8H2,1-3H3. The summed E-state index contributed by atoms with van der Waals surface area (Å²) in [6.07, 6.45) is 0.939. The van der Waals surface area contributed by atoms with Gasteiger partial charge in [0.15, 0.2) is 0 Å². The van der Waals surface area contributed by atoms with Crippen LogP contribution in [0.4, 0.5) is 0 Å². The molecule has 17 heavy (non-hydrogen) atoms. The van der Waals surface area contributed by atoms with Crippen molar-refractivity contribution in [1.82, 2.24) is 0 Å². The van der Waals surface area contributed by atoms with Crippen molar-refractivity contribution >= 4 is 11.3 Å².